The van der Waals surface area contributed by atoms with Crippen LogP contribution in [0.2, 0.25) is 0 Å². The number of hydrogen-bond acceptors (Lipinski definition) is 8. The van der Waals surface area contributed by atoms with E-state index in [0.29, 0.717) is 17.7 Å². The monoisotopic (exact) mass is 428 g/mol. The molecule has 10 nitrogen and oxygen atoms in total. The number of rotatable bonds is 5. The zero-order valence-electron chi connectivity index (χ0n) is 17.5. The van der Waals surface area contributed by atoms with Crippen molar-refractivity contribution in [1.82, 2.24) is 19.1 Å². The van der Waals surface area contributed by atoms with E-state index >= 15 is 0 Å². The van der Waals surface area contributed by atoms with Gasteiger partial charge in [-0.15, -0.1) is 0 Å². The SMILES string of the molecule is COc1ncnc2c1n(Cc1ccccc1)c(=O)n2C1OC(CO)C2OC(C)(C)OC21. The van der Waals surface area contributed by atoms with E-state index in [0.717, 1.165) is 5.56 Å². The first-order chi connectivity index (χ1) is 14.9. The van der Waals surface area contributed by atoms with E-state index < -0.39 is 30.3 Å². The maximum absolute atomic E-state index is 13.7. The average Bonchev–Trinajstić information content (AvgIpc) is 3.35. The Hall–Kier alpha value is -2.79. The van der Waals surface area contributed by atoms with Gasteiger partial charge in [0.25, 0.3) is 0 Å². The van der Waals surface area contributed by atoms with Crippen LogP contribution < -0.4 is 10.4 Å². The van der Waals surface area contributed by atoms with E-state index in [1.165, 1.54) is 18.0 Å². The summed E-state index contributed by atoms with van der Waals surface area (Å²) in [4.78, 5) is 22.2. The largest absolute Gasteiger partial charge is 0.479 e. The number of aliphatic hydroxyl groups excluding tert-OH is 1. The lowest BCUT2D eigenvalue weighted by molar-refractivity contribution is -0.200. The molecular weight excluding hydrogens is 404 g/mol. The fraction of sp³-hybridized carbons (Fsp3) is 0.476. The summed E-state index contributed by atoms with van der Waals surface area (Å²) in [5, 5.41) is 9.81. The van der Waals surface area contributed by atoms with Gasteiger partial charge in [-0.3, -0.25) is 4.57 Å². The average molecular weight is 428 g/mol. The van der Waals surface area contributed by atoms with Gasteiger partial charge in [0.05, 0.1) is 20.3 Å². The number of benzene rings is 1. The van der Waals surface area contributed by atoms with Crippen molar-refractivity contribution in [1.29, 1.82) is 0 Å². The molecule has 2 saturated heterocycles. The predicted octanol–water partition coefficient (Wildman–Crippen LogP) is 1.06. The smallest absolute Gasteiger partial charge is 0.333 e. The zero-order valence-corrected chi connectivity index (χ0v) is 17.5. The molecule has 1 aromatic carbocycles. The molecule has 0 bridgehead atoms. The van der Waals surface area contributed by atoms with Gasteiger partial charge in [0.15, 0.2) is 23.2 Å². The maximum atomic E-state index is 13.7. The van der Waals surface area contributed by atoms with Gasteiger partial charge in [-0.25, -0.2) is 14.3 Å². The summed E-state index contributed by atoms with van der Waals surface area (Å²) in [5.41, 5.74) is 1.43. The van der Waals surface area contributed by atoms with Gasteiger partial charge in [0, 0.05) is 0 Å². The third-order valence-corrected chi connectivity index (χ3v) is 5.64. The van der Waals surface area contributed by atoms with Gasteiger partial charge < -0.3 is 24.1 Å². The molecule has 3 aromatic rings. The summed E-state index contributed by atoms with van der Waals surface area (Å²) in [7, 11) is 1.50. The normalized spacial score (nSPS) is 27.0. The van der Waals surface area contributed by atoms with Crippen LogP contribution in [0, 0.1) is 0 Å². The Morgan fingerprint density at radius 1 is 1.16 bits per heavy atom. The van der Waals surface area contributed by atoms with E-state index in [1.54, 1.807) is 18.4 Å². The second-order valence-corrected chi connectivity index (χ2v) is 8.09. The number of imidazole rings is 1. The number of aliphatic hydroxyl groups is 1. The van der Waals surface area contributed by atoms with Crippen LogP contribution in [0.15, 0.2) is 41.5 Å². The van der Waals surface area contributed by atoms with Crippen LogP contribution in [0.3, 0.4) is 0 Å². The summed E-state index contributed by atoms with van der Waals surface area (Å²) in [6, 6.07) is 9.61. The van der Waals surface area contributed by atoms with Crippen LogP contribution in [0.1, 0.15) is 25.6 Å². The quantitative estimate of drug-likeness (QED) is 0.643. The van der Waals surface area contributed by atoms with Crippen LogP contribution in [-0.4, -0.2) is 62.0 Å². The van der Waals surface area contributed by atoms with Crippen LogP contribution in [0.25, 0.3) is 11.2 Å². The standard InChI is InChI=1S/C21H24N4O6/c1-21(2)30-15-13(10-26)29-19(16(15)31-21)25-17-14(18(28-3)23-11-22-17)24(20(25)27)9-12-7-5-4-6-8-12/h4-8,11,13,15-16,19,26H,9-10H2,1-3H3. The molecule has 4 unspecified atom stereocenters. The Morgan fingerprint density at radius 3 is 2.61 bits per heavy atom. The Kier molecular flexibility index (Phi) is 4.82. The van der Waals surface area contributed by atoms with Crippen LogP contribution in [0.4, 0.5) is 0 Å². The molecule has 0 radical (unpaired) electrons. The third-order valence-electron chi connectivity index (χ3n) is 5.64. The highest BCUT2D eigenvalue weighted by Crippen LogP contribution is 2.43. The maximum Gasteiger partial charge on any atom is 0.333 e. The van der Waals surface area contributed by atoms with Crippen molar-refractivity contribution >= 4 is 11.2 Å². The van der Waals surface area contributed by atoms with Gasteiger partial charge in [-0.1, -0.05) is 30.3 Å². The second-order valence-electron chi connectivity index (χ2n) is 8.09. The molecule has 10 heteroatoms. The minimum absolute atomic E-state index is 0.257. The highest BCUT2D eigenvalue weighted by molar-refractivity contribution is 5.77. The number of aromatic nitrogens is 4. The van der Waals surface area contributed by atoms with Crippen molar-refractivity contribution in [2.24, 2.45) is 0 Å². The topological polar surface area (TPSA) is 110 Å². The van der Waals surface area contributed by atoms with Crippen molar-refractivity contribution in [3.05, 3.63) is 52.7 Å². The molecule has 2 fully saturated rings. The van der Waals surface area contributed by atoms with Crippen LogP contribution in [-0.2, 0) is 20.8 Å². The molecule has 1 N–H and O–H groups in total. The number of ether oxygens (including phenoxy) is 4. The van der Waals surface area contributed by atoms with E-state index in [-0.39, 0.29) is 18.2 Å². The molecule has 164 valence electrons. The van der Waals surface area contributed by atoms with Gasteiger partial charge >= 0.3 is 5.69 Å². The molecule has 0 spiro atoms. The Bertz CT molecular complexity index is 1160. The lowest BCUT2D eigenvalue weighted by Crippen LogP contribution is -2.35. The van der Waals surface area contributed by atoms with Crippen LogP contribution >= 0.6 is 0 Å². The zero-order chi connectivity index (χ0) is 21.8. The highest BCUT2D eigenvalue weighted by Gasteiger charge is 2.56. The molecule has 0 saturated carbocycles. The molecule has 2 aliphatic heterocycles. The number of methoxy groups -OCH3 is 1. The number of fused-ring (bicyclic) bond motifs is 2. The summed E-state index contributed by atoms with van der Waals surface area (Å²) in [6.07, 6.45) is -1.19. The van der Waals surface area contributed by atoms with Crippen molar-refractivity contribution in [3.63, 3.8) is 0 Å². The fourth-order valence-corrected chi connectivity index (χ4v) is 4.39. The Balaban J connectivity index is 1.68. The molecule has 0 aliphatic carbocycles. The number of hydrogen-bond donors (Lipinski definition) is 1. The fourth-order valence-electron chi connectivity index (χ4n) is 4.39. The molecule has 4 atom stereocenters. The lowest BCUT2D eigenvalue weighted by Gasteiger charge is -2.23. The van der Waals surface area contributed by atoms with E-state index in [9.17, 15) is 9.90 Å². The minimum Gasteiger partial charge on any atom is -0.479 e. The minimum atomic E-state index is -0.858. The summed E-state index contributed by atoms with van der Waals surface area (Å²) >= 11 is 0. The van der Waals surface area contributed by atoms with Crippen molar-refractivity contribution in [3.8, 4) is 5.88 Å². The van der Waals surface area contributed by atoms with Crippen LogP contribution in [0.5, 0.6) is 5.88 Å². The molecule has 2 aliphatic rings. The molecule has 31 heavy (non-hydrogen) atoms. The highest BCUT2D eigenvalue weighted by atomic mass is 16.8. The summed E-state index contributed by atoms with van der Waals surface area (Å²) < 4.78 is 26.5. The predicted molar refractivity (Wildman–Crippen MR) is 109 cm³/mol. The summed E-state index contributed by atoms with van der Waals surface area (Å²) in [5.74, 6) is -0.572. The lowest BCUT2D eigenvalue weighted by atomic mass is 10.1. The third kappa shape index (κ3) is 3.23. The van der Waals surface area contributed by atoms with Gasteiger partial charge in [-0.2, -0.15) is 4.98 Å². The molecular formula is C21H24N4O6. The van der Waals surface area contributed by atoms with Crippen molar-refractivity contribution < 1.29 is 24.1 Å². The summed E-state index contributed by atoms with van der Waals surface area (Å²) in [6.45, 7) is 3.64. The second kappa shape index (κ2) is 7.41. The molecule has 0 amide bonds. The Labute approximate surface area is 178 Å². The van der Waals surface area contributed by atoms with Gasteiger partial charge in [0.1, 0.15) is 24.6 Å². The van der Waals surface area contributed by atoms with Crippen molar-refractivity contribution in [2.45, 2.75) is 50.7 Å². The molecule has 5 rings (SSSR count). The van der Waals surface area contributed by atoms with Gasteiger partial charge in [-0.05, 0) is 19.4 Å². The van der Waals surface area contributed by atoms with E-state index in [2.05, 4.69) is 9.97 Å². The first kappa shape index (κ1) is 20.1. The van der Waals surface area contributed by atoms with Crippen molar-refractivity contribution in [2.75, 3.05) is 13.7 Å². The first-order valence-corrected chi connectivity index (χ1v) is 10.1. The first-order valence-electron chi connectivity index (χ1n) is 10.1. The van der Waals surface area contributed by atoms with E-state index in [1.807, 2.05) is 30.3 Å². The van der Waals surface area contributed by atoms with Gasteiger partial charge in [0.2, 0.25) is 5.88 Å². The molecule has 4 heterocycles. The number of nitrogens with zero attached hydrogens (tertiary/aromatic N) is 4. The molecule has 2 aromatic heterocycles. The van der Waals surface area contributed by atoms with E-state index in [4.69, 9.17) is 18.9 Å². The Morgan fingerprint density at radius 2 is 1.90 bits per heavy atom.